The van der Waals surface area contributed by atoms with Gasteiger partial charge in [0.05, 0.1) is 36.3 Å². The van der Waals surface area contributed by atoms with Gasteiger partial charge in [-0.1, -0.05) is 12.1 Å². The van der Waals surface area contributed by atoms with Gasteiger partial charge in [-0.15, -0.1) is 5.10 Å². The van der Waals surface area contributed by atoms with Crippen molar-refractivity contribution in [2.75, 3.05) is 13.1 Å². The normalized spacial score (nSPS) is 24.8. The van der Waals surface area contributed by atoms with Crippen LogP contribution in [0.25, 0.3) is 0 Å². The molecule has 0 N–H and O–H groups in total. The van der Waals surface area contributed by atoms with Gasteiger partial charge in [0, 0.05) is 32.3 Å². The third-order valence-corrected chi connectivity index (χ3v) is 4.48. The molecule has 2 aliphatic rings. The van der Waals surface area contributed by atoms with Crippen molar-refractivity contribution in [3.8, 4) is 0 Å². The molecule has 0 amide bonds. The smallest absolute Gasteiger partial charge is 0.128 e. The Kier molecular flexibility index (Phi) is 3.59. The highest BCUT2D eigenvalue weighted by Gasteiger charge is 2.36. The second kappa shape index (κ2) is 5.73. The molecule has 4 heterocycles. The summed E-state index contributed by atoms with van der Waals surface area (Å²) >= 11 is 0. The quantitative estimate of drug-likeness (QED) is 0.841. The van der Waals surface area contributed by atoms with Crippen LogP contribution in [0.4, 0.5) is 0 Å². The lowest BCUT2D eigenvalue weighted by atomic mass is 10.0. The summed E-state index contributed by atoms with van der Waals surface area (Å²) in [6.45, 7) is 5.50. The van der Waals surface area contributed by atoms with Crippen LogP contribution < -0.4 is 0 Å². The minimum Gasteiger partial charge on any atom is -0.370 e. The predicted molar refractivity (Wildman–Crippen MR) is 78.9 cm³/mol. The zero-order chi connectivity index (χ0) is 14.9. The zero-order valence-corrected chi connectivity index (χ0v) is 12.7. The van der Waals surface area contributed by atoms with Crippen molar-refractivity contribution in [2.24, 2.45) is 0 Å². The first-order valence-corrected chi connectivity index (χ1v) is 7.87. The van der Waals surface area contributed by atoms with Gasteiger partial charge in [-0.2, -0.15) is 0 Å². The van der Waals surface area contributed by atoms with Crippen LogP contribution in [-0.2, 0) is 24.3 Å². The highest BCUT2D eigenvalue weighted by atomic mass is 16.5. The Labute approximate surface area is 129 Å². The van der Waals surface area contributed by atoms with Gasteiger partial charge in [-0.3, -0.25) is 4.90 Å². The van der Waals surface area contributed by atoms with E-state index in [0.717, 1.165) is 49.7 Å². The number of aromatic nitrogens is 5. The number of likely N-dealkylation sites (tertiary alicyclic amines) is 1. The summed E-state index contributed by atoms with van der Waals surface area (Å²) in [6.07, 6.45) is 5.80. The Bertz CT molecular complexity index is 657. The second-order valence-corrected chi connectivity index (χ2v) is 5.93. The van der Waals surface area contributed by atoms with Crippen LogP contribution in [0.1, 0.15) is 36.6 Å². The molecule has 0 radical (unpaired) electrons. The lowest BCUT2D eigenvalue weighted by Crippen LogP contribution is -2.47. The third kappa shape index (κ3) is 2.50. The maximum absolute atomic E-state index is 5.95. The average Bonchev–Trinajstić information content (AvgIpc) is 3.04. The van der Waals surface area contributed by atoms with E-state index in [1.807, 2.05) is 16.9 Å². The van der Waals surface area contributed by atoms with Gasteiger partial charge in [-0.25, -0.2) is 14.6 Å². The standard InChI is InChI=1S/C15H20N6O/c1-2-15-16-5-3-11(18-15)8-20-6-4-14-13(9-20)21-12(10-22-14)7-17-19-21/h3,5,7,13-14H,2,4,6,8-10H2,1H3. The average molecular weight is 300 g/mol. The maximum atomic E-state index is 5.95. The van der Waals surface area contributed by atoms with Crippen LogP contribution >= 0.6 is 0 Å². The Morgan fingerprint density at radius 2 is 2.36 bits per heavy atom. The first kappa shape index (κ1) is 13.8. The summed E-state index contributed by atoms with van der Waals surface area (Å²) in [6, 6.07) is 2.26. The molecule has 2 atom stereocenters. The van der Waals surface area contributed by atoms with E-state index in [1.54, 1.807) is 6.20 Å². The number of rotatable bonds is 3. The maximum Gasteiger partial charge on any atom is 0.128 e. The first-order chi connectivity index (χ1) is 10.8. The number of fused-ring (bicyclic) bond motifs is 3. The monoisotopic (exact) mass is 300 g/mol. The second-order valence-electron chi connectivity index (χ2n) is 5.93. The highest BCUT2D eigenvalue weighted by molar-refractivity contribution is 5.05. The van der Waals surface area contributed by atoms with Crippen molar-refractivity contribution in [2.45, 2.75) is 45.1 Å². The molecule has 22 heavy (non-hydrogen) atoms. The number of aryl methyl sites for hydroxylation is 1. The molecular weight excluding hydrogens is 280 g/mol. The summed E-state index contributed by atoms with van der Waals surface area (Å²) in [4.78, 5) is 11.3. The fraction of sp³-hybridized carbons (Fsp3) is 0.600. The van der Waals surface area contributed by atoms with Gasteiger partial charge in [0.15, 0.2) is 0 Å². The fourth-order valence-electron chi connectivity index (χ4n) is 3.32. The highest BCUT2D eigenvalue weighted by Crippen LogP contribution is 2.30. The number of nitrogens with zero attached hydrogens (tertiary/aromatic N) is 6. The van der Waals surface area contributed by atoms with Crippen molar-refractivity contribution in [1.82, 2.24) is 29.9 Å². The molecule has 0 aliphatic carbocycles. The third-order valence-electron chi connectivity index (χ3n) is 4.48. The topological polar surface area (TPSA) is 69.0 Å². The van der Waals surface area contributed by atoms with E-state index < -0.39 is 0 Å². The van der Waals surface area contributed by atoms with Crippen LogP contribution in [0.2, 0.25) is 0 Å². The van der Waals surface area contributed by atoms with Crippen LogP contribution in [0.3, 0.4) is 0 Å². The van der Waals surface area contributed by atoms with Gasteiger partial charge in [0.2, 0.25) is 0 Å². The molecule has 0 spiro atoms. The van der Waals surface area contributed by atoms with Crippen LogP contribution in [-0.4, -0.2) is 49.1 Å². The van der Waals surface area contributed by atoms with Gasteiger partial charge in [-0.05, 0) is 12.5 Å². The lowest BCUT2D eigenvalue weighted by Gasteiger charge is -2.40. The van der Waals surface area contributed by atoms with Crippen molar-refractivity contribution in [1.29, 1.82) is 0 Å². The first-order valence-electron chi connectivity index (χ1n) is 7.87. The van der Waals surface area contributed by atoms with E-state index in [4.69, 9.17) is 4.74 Å². The number of hydrogen-bond donors (Lipinski definition) is 0. The van der Waals surface area contributed by atoms with Gasteiger partial charge < -0.3 is 4.74 Å². The minimum atomic E-state index is 0.252. The van der Waals surface area contributed by atoms with E-state index >= 15 is 0 Å². The Morgan fingerprint density at radius 3 is 3.27 bits per heavy atom. The molecule has 4 rings (SSSR count). The Morgan fingerprint density at radius 1 is 1.41 bits per heavy atom. The molecule has 1 fully saturated rings. The van der Waals surface area contributed by atoms with Gasteiger partial charge >= 0.3 is 0 Å². The minimum absolute atomic E-state index is 0.252. The molecule has 0 aromatic carbocycles. The van der Waals surface area contributed by atoms with Crippen molar-refractivity contribution < 1.29 is 4.74 Å². The number of hydrogen-bond acceptors (Lipinski definition) is 6. The molecule has 2 aliphatic heterocycles. The van der Waals surface area contributed by atoms with E-state index in [2.05, 4.69) is 32.1 Å². The summed E-state index contributed by atoms with van der Waals surface area (Å²) in [5, 5.41) is 8.26. The van der Waals surface area contributed by atoms with E-state index in [-0.39, 0.29) is 12.1 Å². The molecule has 2 unspecified atom stereocenters. The number of ether oxygens (including phenoxy) is 1. The molecule has 2 aromatic rings. The van der Waals surface area contributed by atoms with Crippen molar-refractivity contribution in [3.63, 3.8) is 0 Å². The largest absolute Gasteiger partial charge is 0.370 e. The van der Waals surface area contributed by atoms with E-state index in [1.165, 1.54) is 0 Å². The molecule has 1 saturated heterocycles. The summed E-state index contributed by atoms with van der Waals surface area (Å²) < 4.78 is 7.99. The zero-order valence-electron chi connectivity index (χ0n) is 12.7. The fourth-order valence-corrected chi connectivity index (χ4v) is 3.32. The summed E-state index contributed by atoms with van der Waals surface area (Å²) in [5.41, 5.74) is 2.15. The van der Waals surface area contributed by atoms with Crippen LogP contribution in [0.15, 0.2) is 18.5 Å². The van der Waals surface area contributed by atoms with E-state index in [9.17, 15) is 0 Å². The van der Waals surface area contributed by atoms with Gasteiger partial charge in [0.1, 0.15) is 5.82 Å². The summed E-state index contributed by atoms with van der Waals surface area (Å²) in [7, 11) is 0. The van der Waals surface area contributed by atoms with E-state index in [0.29, 0.717) is 6.61 Å². The Balaban J connectivity index is 1.49. The Hall–Kier alpha value is -1.86. The van der Waals surface area contributed by atoms with Crippen molar-refractivity contribution in [3.05, 3.63) is 35.7 Å². The molecular formula is C15H20N6O. The predicted octanol–water partition coefficient (Wildman–Crippen LogP) is 0.976. The van der Waals surface area contributed by atoms with Crippen molar-refractivity contribution >= 4 is 0 Å². The lowest BCUT2D eigenvalue weighted by molar-refractivity contribution is -0.0671. The molecule has 0 bridgehead atoms. The summed E-state index contributed by atoms with van der Waals surface area (Å²) in [5.74, 6) is 0.909. The molecule has 2 aromatic heterocycles. The van der Waals surface area contributed by atoms with Crippen LogP contribution in [0, 0.1) is 0 Å². The van der Waals surface area contributed by atoms with Gasteiger partial charge in [0.25, 0.3) is 0 Å². The number of piperidine rings is 1. The molecule has 7 nitrogen and oxygen atoms in total. The molecule has 116 valence electrons. The SMILES string of the molecule is CCc1nccc(CN2CCC3OCc4cnnn4C3C2)n1. The van der Waals surface area contributed by atoms with Crippen LogP contribution in [0.5, 0.6) is 0 Å². The molecule has 0 saturated carbocycles. The molecule has 7 heteroatoms.